The summed E-state index contributed by atoms with van der Waals surface area (Å²) in [7, 11) is 1.15. The average Bonchev–Trinajstić information content (AvgIpc) is 3.58. The number of alkyl halides is 6. The number of fused-ring (bicyclic) bond motifs is 1. The molecule has 0 radical (unpaired) electrons. The van der Waals surface area contributed by atoms with Crippen molar-refractivity contribution in [2.75, 3.05) is 26.8 Å². The van der Waals surface area contributed by atoms with Gasteiger partial charge in [0, 0.05) is 12.7 Å². The molecule has 1 aliphatic heterocycles. The zero-order valence-electron chi connectivity index (χ0n) is 25.3. The van der Waals surface area contributed by atoms with Gasteiger partial charge in [-0.05, 0) is 32.0 Å². The van der Waals surface area contributed by atoms with Gasteiger partial charge in [-0.3, -0.25) is 4.79 Å². The molecule has 42 heavy (non-hydrogen) atoms. The molecule has 3 unspecified atom stereocenters. The maximum atomic E-state index is 13.7. The highest BCUT2D eigenvalue weighted by molar-refractivity contribution is 5.93. The molecule has 3 aromatic rings. The molecule has 2 N–H and O–H groups in total. The number of hydrogen-bond donors (Lipinski definition) is 2. The third-order valence-electron chi connectivity index (χ3n) is 6.17. The molecule has 4 heterocycles. The summed E-state index contributed by atoms with van der Waals surface area (Å²) in [5.41, 5.74) is -3.01. The fourth-order valence-corrected chi connectivity index (χ4v) is 3.70. The molecule has 0 bridgehead atoms. The number of amides is 3. The first-order valence-corrected chi connectivity index (χ1v) is 12.0. The number of aryl methyl sites for hydroxylation is 1. The van der Waals surface area contributed by atoms with Crippen LogP contribution in [0.3, 0.4) is 0 Å². The standard InChI is InChI=1S/C23H26F6N8O5/c1-11-18(35-42-34-11)19(38)32-14(9-41-21(2,3)23(27,28)29)13-7-37-17(31-13)5-12(6-30-37)15(10-40-4)36-8-16(22(24,25)26)33-20(36)39/h5-7,14-16H,8-10H2,1-4H3,(H,32,38)(H,33,39)/i8D2,16D. The van der Waals surface area contributed by atoms with Crippen LogP contribution in [-0.4, -0.2) is 92.5 Å². The van der Waals surface area contributed by atoms with Gasteiger partial charge >= 0.3 is 18.4 Å². The quantitative estimate of drug-likeness (QED) is 0.330. The van der Waals surface area contributed by atoms with Gasteiger partial charge in [-0.15, -0.1) is 0 Å². The van der Waals surface area contributed by atoms with Crippen LogP contribution in [0, 0.1) is 6.92 Å². The largest absolute Gasteiger partial charge is 0.416 e. The van der Waals surface area contributed by atoms with Gasteiger partial charge in [0.25, 0.3) is 5.91 Å². The van der Waals surface area contributed by atoms with Crippen LogP contribution in [0.2, 0.25) is 0 Å². The van der Waals surface area contributed by atoms with E-state index in [4.69, 9.17) is 13.6 Å². The second-order valence-electron chi connectivity index (χ2n) is 9.56. The number of nitrogens with zero attached hydrogens (tertiary/aromatic N) is 6. The minimum atomic E-state index is -5.50. The van der Waals surface area contributed by atoms with E-state index in [1.807, 2.05) is 0 Å². The van der Waals surface area contributed by atoms with Gasteiger partial charge in [0.05, 0.1) is 54.0 Å². The van der Waals surface area contributed by atoms with Gasteiger partial charge in [0.1, 0.15) is 11.7 Å². The number of urea groups is 1. The van der Waals surface area contributed by atoms with Crippen molar-refractivity contribution in [3.8, 4) is 0 Å². The number of aromatic nitrogens is 5. The second kappa shape index (κ2) is 11.3. The van der Waals surface area contributed by atoms with Crippen molar-refractivity contribution in [2.24, 2.45) is 0 Å². The summed E-state index contributed by atoms with van der Waals surface area (Å²) in [4.78, 5) is 29.9. The first-order chi connectivity index (χ1) is 20.6. The van der Waals surface area contributed by atoms with Crippen LogP contribution < -0.4 is 10.6 Å². The number of hydrogen-bond acceptors (Lipinski definition) is 9. The molecule has 0 aromatic carbocycles. The Morgan fingerprint density at radius 3 is 2.57 bits per heavy atom. The molecule has 13 nitrogen and oxygen atoms in total. The number of carbonyl (C=O) groups excluding carboxylic acids is 2. The molecule has 3 atom stereocenters. The Balaban J connectivity index is 1.71. The van der Waals surface area contributed by atoms with Crippen molar-refractivity contribution < 1.29 is 54.1 Å². The first-order valence-electron chi connectivity index (χ1n) is 13.5. The summed E-state index contributed by atoms with van der Waals surface area (Å²) in [6.07, 6.45) is -7.98. The molecular formula is C23H26F6N8O5. The molecule has 0 aliphatic carbocycles. The molecule has 19 heteroatoms. The van der Waals surface area contributed by atoms with Crippen molar-refractivity contribution in [2.45, 2.75) is 56.8 Å². The lowest BCUT2D eigenvalue weighted by molar-refractivity contribution is -0.265. The molecule has 1 fully saturated rings. The van der Waals surface area contributed by atoms with Crippen LogP contribution >= 0.6 is 0 Å². The van der Waals surface area contributed by atoms with Crippen LogP contribution in [0.25, 0.3) is 5.65 Å². The van der Waals surface area contributed by atoms with Crippen LogP contribution in [-0.2, 0) is 9.47 Å². The lowest BCUT2D eigenvalue weighted by Crippen LogP contribution is -2.44. The first kappa shape index (κ1) is 26.9. The van der Waals surface area contributed by atoms with Crippen LogP contribution in [0.4, 0.5) is 31.1 Å². The van der Waals surface area contributed by atoms with Crippen molar-refractivity contribution in [1.29, 1.82) is 0 Å². The maximum absolute atomic E-state index is 13.7. The lowest BCUT2D eigenvalue weighted by atomic mass is 10.1. The number of methoxy groups -OCH3 is 1. The van der Waals surface area contributed by atoms with Gasteiger partial charge in [-0.25, -0.2) is 18.9 Å². The van der Waals surface area contributed by atoms with Gasteiger partial charge < -0.3 is 25.0 Å². The fourth-order valence-electron chi connectivity index (χ4n) is 3.70. The number of nitrogens with one attached hydrogen (secondary N) is 2. The third kappa shape index (κ3) is 6.40. The van der Waals surface area contributed by atoms with Crippen molar-refractivity contribution in [1.82, 2.24) is 40.4 Å². The Kier molecular flexibility index (Phi) is 7.26. The Morgan fingerprint density at radius 1 is 1.29 bits per heavy atom. The number of rotatable bonds is 10. The molecule has 4 rings (SSSR count). The Hall–Kier alpha value is -4.00. The van der Waals surface area contributed by atoms with E-state index in [9.17, 15) is 35.9 Å². The zero-order chi connectivity index (χ0) is 33.8. The van der Waals surface area contributed by atoms with E-state index >= 15 is 0 Å². The molecular weight excluding hydrogens is 582 g/mol. The van der Waals surface area contributed by atoms with Gasteiger partial charge in [-0.1, -0.05) is 5.16 Å². The summed E-state index contributed by atoms with van der Waals surface area (Å²) in [6.45, 7) is -1.94. The van der Waals surface area contributed by atoms with Crippen molar-refractivity contribution in [3.63, 3.8) is 0 Å². The van der Waals surface area contributed by atoms with Crippen LogP contribution in [0.1, 0.15) is 57.5 Å². The van der Waals surface area contributed by atoms with Crippen LogP contribution in [0.15, 0.2) is 23.1 Å². The van der Waals surface area contributed by atoms with Gasteiger partial charge in [0.15, 0.2) is 16.9 Å². The SMILES string of the molecule is [2H]C1([2H])N(C(COC)c2cnn3cc(C(COC(C)(C)C(F)(F)F)NC(=O)c4nonc4C)nc3c2)C(=O)NC1([2H])C(F)(F)F. The number of imidazole rings is 1. The highest BCUT2D eigenvalue weighted by Gasteiger charge is 2.50. The zero-order valence-corrected chi connectivity index (χ0v) is 22.3. The van der Waals surface area contributed by atoms with Gasteiger partial charge in [-0.2, -0.15) is 31.4 Å². The van der Waals surface area contributed by atoms with E-state index < -0.39 is 67.7 Å². The predicted molar refractivity (Wildman–Crippen MR) is 128 cm³/mol. The second-order valence-corrected chi connectivity index (χ2v) is 9.56. The third-order valence-corrected chi connectivity index (χ3v) is 6.17. The Bertz CT molecular complexity index is 1580. The topological polar surface area (TPSA) is 149 Å². The Labute approximate surface area is 237 Å². The molecule has 1 aliphatic rings. The molecule has 230 valence electrons. The summed E-state index contributed by atoms with van der Waals surface area (Å²) in [5, 5.41) is 14.8. The highest BCUT2D eigenvalue weighted by atomic mass is 19.4. The predicted octanol–water partition coefficient (Wildman–Crippen LogP) is 2.89. The smallest absolute Gasteiger partial charge is 0.382 e. The molecule has 1 saturated heterocycles. The summed E-state index contributed by atoms with van der Waals surface area (Å²) >= 11 is 0. The van der Waals surface area contributed by atoms with E-state index in [2.05, 4.69) is 30.3 Å². The average molecular weight is 612 g/mol. The number of ether oxygens (including phenoxy) is 2. The summed E-state index contributed by atoms with van der Waals surface area (Å²) < 4.78 is 121. The fraction of sp³-hybridized carbons (Fsp3) is 0.565. The summed E-state index contributed by atoms with van der Waals surface area (Å²) in [6, 6.07) is -7.24. The van der Waals surface area contributed by atoms with E-state index in [0.29, 0.717) is 0 Å². The number of halogens is 6. The van der Waals surface area contributed by atoms with E-state index in [1.54, 1.807) is 0 Å². The normalized spacial score (nSPS) is 21.9. The number of carbonyl (C=O) groups is 2. The van der Waals surface area contributed by atoms with Crippen molar-refractivity contribution >= 4 is 17.6 Å². The van der Waals surface area contributed by atoms with E-state index in [0.717, 1.165) is 31.7 Å². The minimum absolute atomic E-state index is 0.0636. The van der Waals surface area contributed by atoms with Crippen molar-refractivity contribution in [3.05, 3.63) is 41.1 Å². The summed E-state index contributed by atoms with van der Waals surface area (Å²) in [5.74, 6) is -0.885. The Morgan fingerprint density at radius 2 is 2.00 bits per heavy atom. The monoisotopic (exact) mass is 611 g/mol. The van der Waals surface area contributed by atoms with E-state index in [-0.39, 0.29) is 33.2 Å². The van der Waals surface area contributed by atoms with E-state index in [1.165, 1.54) is 24.5 Å². The molecule has 0 spiro atoms. The minimum Gasteiger partial charge on any atom is -0.382 e. The maximum Gasteiger partial charge on any atom is 0.416 e. The molecule has 3 aromatic heterocycles. The highest BCUT2D eigenvalue weighted by Crippen LogP contribution is 2.34. The molecule has 3 amide bonds. The molecule has 0 saturated carbocycles. The van der Waals surface area contributed by atoms with Crippen LogP contribution in [0.5, 0.6) is 0 Å². The van der Waals surface area contributed by atoms with Gasteiger partial charge in [0.2, 0.25) is 0 Å². The lowest BCUT2D eigenvalue weighted by Gasteiger charge is -2.29.